The Balaban J connectivity index is 1.80. The van der Waals surface area contributed by atoms with Gasteiger partial charge in [0.05, 0.1) is 22.0 Å². The number of hydrogen-bond donors (Lipinski definition) is 1. The number of hydrogen-bond acceptors (Lipinski definition) is 5. The highest BCUT2D eigenvalue weighted by Gasteiger charge is 2.30. The maximum absolute atomic E-state index is 12.9. The number of carbonyl (C=O) groups excluding carboxylic acids is 1. The van der Waals surface area contributed by atoms with E-state index in [2.05, 4.69) is 9.97 Å². The maximum Gasteiger partial charge on any atom is 0.416 e. The number of anilines is 1. The number of benzene rings is 2. The average molecular weight is 391 g/mol. The van der Waals surface area contributed by atoms with E-state index in [4.69, 9.17) is 4.74 Å². The van der Waals surface area contributed by atoms with Crippen molar-refractivity contribution < 1.29 is 22.7 Å². The molecule has 1 heterocycles. The minimum atomic E-state index is -4.55. The summed E-state index contributed by atoms with van der Waals surface area (Å²) in [5.74, 6) is -0.688. The normalized spacial score (nSPS) is 11.5. The number of halogens is 3. The summed E-state index contributed by atoms with van der Waals surface area (Å²) >= 11 is 0. The zero-order valence-electron chi connectivity index (χ0n) is 15.0. The molecule has 1 aromatic heterocycles. The summed E-state index contributed by atoms with van der Waals surface area (Å²) < 4.78 is 43.7. The van der Waals surface area contributed by atoms with Crippen LogP contribution in [-0.2, 0) is 17.5 Å². The molecule has 0 atom stereocenters. The second kappa shape index (κ2) is 7.34. The fraction of sp³-hybridized carbons (Fsp3) is 0.211. The number of alkyl halides is 3. The lowest BCUT2D eigenvalue weighted by Gasteiger charge is -2.12. The Hall–Kier alpha value is -3.36. The van der Waals surface area contributed by atoms with E-state index in [-0.39, 0.29) is 23.3 Å². The van der Waals surface area contributed by atoms with Gasteiger partial charge in [-0.25, -0.2) is 9.78 Å². The molecule has 0 saturated carbocycles. The van der Waals surface area contributed by atoms with Crippen LogP contribution in [0, 0.1) is 0 Å². The largest absolute Gasteiger partial charge is 0.454 e. The van der Waals surface area contributed by atoms with Crippen molar-refractivity contribution >= 4 is 22.6 Å². The number of aromatic nitrogens is 2. The van der Waals surface area contributed by atoms with Crippen LogP contribution in [0.1, 0.15) is 21.7 Å². The van der Waals surface area contributed by atoms with Crippen molar-refractivity contribution in [1.29, 1.82) is 0 Å². The number of nitrogens with one attached hydrogen (secondary N) is 1. The van der Waals surface area contributed by atoms with Crippen LogP contribution < -0.4 is 10.5 Å². The van der Waals surface area contributed by atoms with Crippen molar-refractivity contribution in [2.45, 2.75) is 12.8 Å². The van der Waals surface area contributed by atoms with Crippen LogP contribution in [0.25, 0.3) is 10.9 Å². The molecule has 3 rings (SSSR count). The van der Waals surface area contributed by atoms with E-state index >= 15 is 0 Å². The molecule has 1 N–H and O–H groups in total. The van der Waals surface area contributed by atoms with E-state index in [0.29, 0.717) is 5.56 Å². The minimum Gasteiger partial charge on any atom is -0.454 e. The molecule has 0 saturated heterocycles. The van der Waals surface area contributed by atoms with Gasteiger partial charge in [-0.15, -0.1) is 0 Å². The van der Waals surface area contributed by atoms with Crippen LogP contribution in [0.3, 0.4) is 0 Å². The Morgan fingerprint density at radius 2 is 1.82 bits per heavy atom. The lowest BCUT2D eigenvalue weighted by Crippen LogP contribution is -2.15. The molecule has 2 aromatic carbocycles. The van der Waals surface area contributed by atoms with Gasteiger partial charge in [-0.3, -0.25) is 4.79 Å². The Bertz CT molecular complexity index is 1070. The first-order valence-corrected chi connectivity index (χ1v) is 8.20. The molecule has 28 heavy (non-hydrogen) atoms. The lowest BCUT2D eigenvalue weighted by molar-refractivity contribution is -0.137. The zero-order chi connectivity index (χ0) is 20.5. The van der Waals surface area contributed by atoms with Gasteiger partial charge in [0.15, 0.2) is 0 Å². The number of fused-ring (bicyclic) bond motifs is 1. The Kier molecular flexibility index (Phi) is 5.08. The molecule has 0 aliphatic heterocycles. The van der Waals surface area contributed by atoms with Crippen molar-refractivity contribution in [3.63, 3.8) is 0 Å². The highest BCUT2D eigenvalue weighted by Crippen LogP contribution is 2.30. The maximum atomic E-state index is 12.9. The van der Waals surface area contributed by atoms with Crippen molar-refractivity contribution in [1.82, 2.24) is 9.97 Å². The number of esters is 1. The van der Waals surface area contributed by atoms with Gasteiger partial charge >= 0.3 is 12.1 Å². The fourth-order valence-corrected chi connectivity index (χ4v) is 2.55. The predicted octanol–water partition coefficient (Wildman–Crippen LogP) is 3.36. The van der Waals surface area contributed by atoms with Crippen LogP contribution >= 0.6 is 0 Å². The van der Waals surface area contributed by atoms with E-state index in [9.17, 15) is 22.8 Å². The molecule has 0 unspecified atom stereocenters. The predicted molar refractivity (Wildman–Crippen MR) is 97.3 cm³/mol. The topological polar surface area (TPSA) is 75.3 Å². The SMILES string of the molecule is CN(C)c1ccc(C(=O)OCc2nc3cc(C(F)(F)F)ccc3c(=O)[nH]2)cc1. The van der Waals surface area contributed by atoms with Crippen LogP contribution in [0.5, 0.6) is 0 Å². The second-order valence-electron chi connectivity index (χ2n) is 6.26. The Labute approximate surface area is 157 Å². The molecule has 146 valence electrons. The number of ether oxygens (including phenoxy) is 1. The molecule has 0 aliphatic rings. The smallest absolute Gasteiger partial charge is 0.416 e. The molecular weight excluding hydrogens is 375 g/mol. The third kappa shape index (κ3) is 4.13. The van der Waals surface area contributed by atoms with Crippen LogP contribution in [0.2, 0.25) is 0 Å². The Morgan fingerprint density at radius 1 is 1.14 bits per heavy atom. The number of carbonyl (C=O) groups is 1. The third-order valence-electron chi connectivity index (χ3n) is 4.04. The van der Waals surface area contributed by atoms with E-state index in [1.165, 1.54) is 0 Å². The average Bonchev–Trinajstić information content (AvgIpc) is 2.65. The summed E-state index contributed by atoms with van der Waals surface area (Å²) in [6.07, 6.45) is -4.55. The first-order valence-electron chi connectivity index (χ1n) is 8.20. The first-order chi connectivity index (χ1) is 13.1. The van der Waals surface area contributed by atoms with Crippen molar-refractivity contribution in [2.24, 2.45) is 0 Å². The molecule has 3 aromatic rings. The van der Waals surface area contributed by atoms with Gasteiger partial charge in [0.1, 0.15) is 12.4 Å². The van der Waals surface area contributed by atoms with Crippen molar-refractivity contribution in [2.75, 3.05) is 19.0 Å². The standard InChI is InChI=1S/C19H16F3N3O3/c1-25(2)13-6-3-11(4-7-13)18(27)28-10-16-23-15-9-12(19(20,21)22)5-8-14(15)17(26)24-16/h3-9H,10H2,1-2H3,(H,23,24,26). The molecule has 0 bridgehead atoms. The number of rotatable bonds is 4. The van der Waals surface area contributed by atoms with Crippen LogP contribution in [-0.4, -0.2) is 30.0 Å². The molecule has 0 amide bonds. The number of nitrogens with zero attached hydrogens (tertiary/aromatic N) is 2. The van der Waals surface area contributed by atoms with E-state index in [0.717, 1.165) is 23.9 Å². The minimum absolute atomic E-state index is 0.0161. The summed E-state index contributed by atoms with van der Waals surface area (Å²) in [5, 5.41) is 0.0161. The molecule has 6 nitrogen and oxygen atoms in total. The summed E-state index contributed by atoms with van der Waals surface area (Å²) in [7, 11) is 3.72. The molecule has 0 spiro atoms. The summed E-state index contributed by atoms with van der Waals surface area (Å²) in [5.41, 5.74) is -0.451. The van der Waals surface area contributed by atoms with Gasteiger partial charge < -0.3 is 14.6 Å². The fourth-order valence-electron chi connectivity index (χ4n) is 2.55. The summed E-state index contributed by atoms with van der Waals surface area (Å²) in [4.78, 5) is 32.4. The molecule has 0 fully saturated rings. The quantitative estimate of drug-likeness (QED) is 0.691. The zero-order valence-corrected chi connectivity index (χ0v) is 15.0. The summed E-state index contributed by atoms with van der Waals surface area (Å²) in [6.45, 7) is -0.379. The Morgan fingerprint density at radius 3 is 2.43 bits per heavy atom. The van der Waals surface area contributed by atoms with Gasteiger partial charge in [0.2, 0.25) is 0 Å². The highest BCUT2D eigenvalue weighted by molar-refractivity contribution is 5.89. The van der Waals surface area contributed by atoms with Crippen LogP contribution in [0.4, 0.5) is 18.9 Å². The molecule has 9 heteroatoms. The van der Waals surface area contributed by atoms with Crippen LogP contribution in [0.15, 0.2) is 47.3 Å². The highest BCUT2D eigenvalue weighted by atomic mass is 19.4. The van der Waals surface area contributed by atoms with Gasteiger partial charge in [0.25, 0.3) is 5.56 Å². The third-order valence-corrected chi connectivity index (χ3v) is 4.04. The number of H-pyrrole nitrogens is 1. The van der Waals surface area contributed by atoms with Gasteiger partial charge in [-0.05, 0) is 42.5 Å². The molecule has 0 radical (unpaired) electrons. The van der Waals surface area contributed by atoms with Crippen molar-refractivity contribution in [3.05, 3.63) is 69.8 Å². The van der Waals surface area contributed by atoms with Gasteiger partial charge in [-0.2, -0.15) is 13.2 Å². The molecular formula is C19H16F3N3O3. The summed E-state index contributed by atoms with van der Waals surface area (Å²) in [6, 6.07) is 9.32. The van der Waals surface area contributed by atoms with E-state index in [1.54, 1.807) is 24.3 Å². The van der Waals surface area contributed by atoms with Crippen molar-refractivity contribution in [3.8, 4) is 0 Å². The molecule has 0 aliphatic carbocycles. The second-order valence-corrected chi connectivity index (χ2v) is 6.26. The van der Waals surface area contributed by atoms with E-state index < -0.39 is 23.3 Å². The lowest BCUT2D eigenvalue weighted by atomic mass is 10.1. The first kappa shape index (κ1) is 19.4. The monoisotopic (exact) mass is 391 g/mol. The van der Waals surface area contributed by atoms with Gasteiger partial charge in [0, 0.05) is 19.8 Å². The van der Waals surface area contributed by atoms with E-state index in [1.807, 2.05) is 19.0 Å². The van der Waals surface area contributed by atoms with Gasteiger partial charge in [-0.1, -0.05) is 0 Å². The number of aromatic amines is 1.